The molecule has 0 bridgehead atoms. The van der Waals surface area contributed by atoms with Gasteiger partial charge in [0.25, 0.3) is 0 Å². The number of nitrogens with zero attached hydrogens (tertiary/aromatic N) is 2. The van der Waals surface area contributed by atoms with Crippen LogP contribution in [0.15, 0.2) is 22.8 Å². The molecule has 0 N–H and O–H groups in total. The molecule has 0 spiro atoms. The van der Waals surface area contributed by atoms with Gasteiger partial charge in [0.05, 0.1) is 38.5 Å². The van der Waals surface area contributed by atoms with Crippen molar-refractivity contribution in [2.24, 2.45) is 11.8 Å². The van der Waals surface area contributed by atoms with Crippen LogP contribution < -0.4 is 0 Å². The van der Waals surface area contributed by atoms with Gasteiger partial charge in [-0.2, -0.15) is 0 Å². The number of furan rings is 1. The molecule has 3 saturated heterocycles. The normalized spacial score (nSPS) is 31.2. The van der Waals surface area contributed by atoms with Gasteiger partial charge in [0.1, 0.15) is 5.76 Å². The van der Waals surface area contributed by atoms with Crippen molar-refractivity contribution in [1.29, 1.82) is 0 Å². The van der Waals surface area contributed by atoms with E-state index in [0.29, 0.717) is 24.9 Å². The van der Waals surface area contributed by atoms with Gasteiger partial charge in [0.2, 0.25) is 5.91 Å². The fourth-order valence-electron chi connectivity index (χ4n) is 4.21. The third-order valence-corrected chi connectivity index (χ3v) is 5.49. The Bertz CT molecular complexity index is 541. The number of piperidine rings is 1. The van der Waals surface area contributed by atoms with Crippen LogP contribution in [0.1, 0.15) is 31.4 Å². The standard InChI is InChI=1S/C18H26N2O4/c21-18(20-6-1-2-9-24-20)10-17-16-5-7-19(11-14(16)13-23-17)12-15-4-3-8-22-15/h3-4,8,14,16-17H,1-2,5-7,9-13H2/t14-,16-,17-/m1/s1. The smallest absolute Gasteiger partial charge is 0.248 e. The number of ether oxygens (including phenoxy) is 1. The van der Waals surface area contributed by atoms with Gasteiger partial charge in [-0.15, -0.1) is 0 Å². The van der Waals surface area contributed by atoms with Gasteiger partial charge in [-0.25, -0.2) is 5.06 Å². The summed E-state index contributed by atoms with van der Waals surface area (Å²) >= 11 is 0. The van der Waals surface area contributed by atoms with Crippen LogP contribution in [0.5, 0.6) is 0 Å². The second-order valence-corrected chi connectivity index (χ2v) is 7.14. The van der Waals surface area contributed by atoms with Crippen molar-refractivity contribution < 1.29 is 18.8 Å². The van der Waals surface area contributed by atoms with E-state index in [1.54, 1.807) is 11.3 Å². The molecule has 4 heterocycles. The van der Waals surface area contributed by atoms with Crippen LogP contribution >= 0.6 is 0 Å². The first-order chi connectivity index (χ1) is 11.8. The van der Waals surface area contributed by atoms with Gasteiger partial charge >= 0.3 is 0 Å². The molecule has 3 fully saturated rings. The predicted molar refractivity (Wildman–Crippen MR) is 86.8 cm³/mol. The number of hydroxylamine groups is 2. The van der Waals surface area contributed by atoms with E-state index in [2.05, 4.69) is 4.90 Å². The number of hydrogen-bond donors (Lipinski definition) is 0. The van der Waals surface area contributed by atoms with Crippen molar-refractivity contribution in [3.63, 3.8) is 0 Å². The van der Waals surface area contributed by atoms with E-state index in [1.165, 1.54) is 0 Å². The molecule has 1 aromatic heterocycles. The number of likely N-dealkylation sites (tertiary alicyclic amines) is 1. The highest BCUT2D eigenvalue weighted by atomic mass is 16.7. The summed E-state index contributed by atoms with van der Waals surface area (Å²) in [4.78, 5) is 20.3. The van der Waals surface area contributed by atoms with E-state index in [0.717, 1.165) is 57.8 Å². The average molecular weight is 334 g/mol. The van der Waals surface area contributed by atoms with Crippen molar-refractivity contribution in [3.05, 3.63) is 24.2 Å². The molecule has 1 aromatic rings. The molecule has 132 valence electrons. The molecule has 0 unspecified atom stereocenters. The lowest BCUT2D eigenvalue weighted by Crippen LogP contribution is -2.42. The predicted octanol–water partition coefficient (Wildman–Crippen LogP) is 2.06. The Labute approximate surface area is 142 Å². The van der Waals surface area contributed by atoms with Gasteiger partial charge < -0.3 is 9.15 Å². The maximum atomic E-state index is 12.4. The zero-order valence-corrected chi connectivity index (χ0v) is 14.1. The van der Waals surface area contributed by atoms with Crippen molar-refractivity contribution >= 4 is 5.91 Å². The van der Waals surface area contributed by atoms with E-state index in [-0.39, 0.29) is 12.0 Å². The average Bonchev–Trinajstić information content (AvgIpc) is 3.26. The van der Waals surface area contributed by atoms with Crippen molar-refractivity contribution in [2.75, 3.05) is 32.8 Å². The monoisotopic (exact) mass is 334 g/mol. The molecule has 0 radical (unpaired) electrons. The van der Waals surface area contributed by atoms with Crippen LogP contribution in [-0.2, 0) is 20.9 Å². The summed E-state index contributed by atoms with van der Waals surface area (Å²) in [5.41, 5.74) is 0. The molecule has 3 atom stereocenters. The topological polar surface area (TPSA) is 55.2 Å². The minimum atomic E-state index is 0.0544. The molecule has 1 amide bonds. The largest absolute Gasteiger partial charge is 0.468 e. The Morgan fingerprint density at radius 1 is 1.29 bits per heavy atom. The van der Waals surface area contributed by atoms with Crippen molar-refractivity contribution in [1.82, 2.24) is 9.96 Å². The Balaban J connectivity index is 1.29. The number of hydrogen-bond acceptors (Lipinski definition) is 5. The zero-order chi connectivity index (χ0) is 16.4. The summed E-state index contributed by atoms with van der Waals surface area (Å²) < 4.78 is 11.4. The van der Waals surface area contributed by atoms with E-state index in [9.17, 15) is 4.79 Å². The molecular weight excluding hydrogens is 308 g/mol. The second-order valence-electron chi connectivity index (χ2n) is 7.14. The van der Waals surface area contributed by atoms with Crippen LogP contribution in [0.2, 0.25) is 0 Å². The van der Waals surface area contributed by atoms with Gasteiger partial charge in [0, 0.05) is 19.0 Å². The molecule has 4 rings (SSSR count). The molecule has 0 saturated carbocycles. The highest BCUT2D eigenvalue weighted by Crippen LogP contribution is 2.36. The minimum Gasteiger partial charge on any atom is -0.468 e. The first-order valence-corrected chi connectivity index (χ1v) is 9.09. The van der Waals surface area contributed by atoms with Gasteiger partial charge in [-0.05, 0) is 43.9 Å². The molecular formula is C18H26N2O4. The summed E-state index contributed by atoms with van der Waals surface area (Å²) in [5.74, 6) is 2.11. The number of carbonyl (C=O) groups is 1. The number of carbonyl (C=O) groups excluding carboxylic acids is 1. The maximum Gasteiger partial charge on any atom is 0.248 e. The number of fused-ring (bicyclic) bond motifs is 1. The van der Waals surface area contributed by atoms with Crippen LogP contribution in [0.25, 0.3) is 0 Å². The Kier molecular flexibility index (Phi) is 4.87. The molecule has 0 aromatic carbocycles. The molecule has 6 nitrogen and oxygen atoms in total. The van der Waals surface area contributed by atoms with E-state index < -0.39 is 0 Å². The van der Waals surface area contributed by atoms with Crippen molar-refractivity contribution in [3.8, 4) is 0 Å². The fourth-order valence-corrected chi connectivity index (χ4v) is 4.21. The summed E-state index contributed by atoms with van der Waals surface area (Å²) in [6.07, 6.45) is 5.40. The fraction of sp³-hybridized carbons (Fsp3) is 0.722. The maximum absolute atomic E-state index is 12.4. The molecule has 0 aliphatic carbocycles. The first kappa shape index (κ1) is 16.1. The third kappa shape index (κ3) is 3.50. The second kappa shape index (κ2) is 7.25. The van der Waals surface area contributed by atoms with Gasteiger partial charge in [-0.1, -0.05) is 0 Å². The quantitative estimate of drug-likeness (QED) is 0.844. The van der Waals surface area contributed by atoms with Gasteiger partial charge in [0.15, 0.2) is 0 Å². The van der Waals surface area contributed by atoms with Crippen LogP contribution in [-0.4, -0.2) is 54.8 Å². The minimum absolute atomic E-state index is 0.0544. The zero-order valence-electron chi connectivity index (χ0n) is 14.1. The van der Waals surface area contributed by atoms with E-state index in [1.807, 2.05) is 12.1 Å². The number of rotatable bonds is 4. The highest BCUT2D eigenvalue weighted by molar-refractivity contribution is 5.75. The summed E-state index contributed by atoms with van der Waals surface area (Å²) in [5, 5.41) is 1.55. The molecule has 3 aliphatic heterocycles. The molecule has 24 heavy (non-hydrogen) atoms. The van der Waals surface area contributed by atoms with Crippen LogP contribution in [0.3, 0.4) is 0 Å². The van der Waals surface area contributed by atoms with Crippen molar-refractivity contribution in [2.45, 2.75) is 38.3 Å². The van der Waals surface area contributed by atoms with Crippen LogP contribution in [0, 0.1) is 11.8 Å². The van der Waals surface area contributed by atoms with E-state index in [4.69, 9.17) is 14.0 Å². The van der Waals surface area contributed by atoms with Crippen LogP contribution in [0.4, 0.5) is 0 Å². The number of amides is 1. The first-order valence-electron chi connectivity index (χ1n) is 9.09. The summed E-state index contributed by atoms with van der Waals surface area (Å²) in [6, 6.07) is 3.96. The Morgan fingerprint density at radius 3 is 3.04 bits per heavy atom. The molecule has 6 heteroatoms. The Morgan fingerprint density at radius 2 is 2.25 bits per heavy atom. The third-order valence-electron chi connectivity index (χ3n) is 5.49. The summed E-state index contributed by atoms with van der Waals surface area (Å²) in [6.45, 7) is 5.06. The lowest BCUT2D eigenvalue weighted by Gasteiger charge is -2.35. The Hall–Kier alpha value is -1.37. The lowest BCUT2D eigenvalue weighted by molar-refractivity contribution is -0.199. The highest BCUT2D eigenvalue weighted by Gasteiger charge is 2.42. The SMILES string of the molecule is O=C(C[C@H]1OC[C@H]2CN(Cc3ccco3)CC[C@H]21)N1CCCCO1. The molecule has 3 aliphatic rings. The lowest BCUT2D eigenvalue weighted by atomic mass is 9.83. The van der Waals surface area contributed by atoms with E-state index >= 15 is 0 Å². The van der Waals surface area contributed by atoms with Gasteiger partial charge in [-0.3, -0.25) is 14.5 Å². The summed E-state index contributed by atoms with van der Waals surface area (Å²) in [7, 11) is 0.